The van der Waals surface area contributed by atoms with E-state index in [0.717, 1.165) is 17.0 Å². The first-order valence-electron chi connectivity index (χ1n) is 7.51. The second-order valence-corrected chi connectivity index (χ2v) is 5.92. The highest BCUT2D eigenvalue weighted by Gasteiger charge is 2.08. The average Bonchev–Trinajstić information content (AvgIpc) is 3.02. The summed E-state index contributed by atoms with van der Waals surface area (Å²) in [7, 11) is 1.62. The number of ether oxygens (including phenoxy) is 1. The molecule has 0 bridgehead atoms. The predicted molar refractivity (Wildman–Crippen MR) is 94.2 cm³/mol. The summed E-state index contributed by atoms with van der Waals surface area (Å²) in [5, 5.41) is 7.74. The van der Waals surface area contributed by atoms with Crippen LogP contribution in [0.4, 0.5) is 9.93 Å². The molecule has 2 rings (SSSR count). The molecule has 0 atom stereocenters. The zero-order valence-electron chi connectivity index (χ0n) is 13.4. The average molecular weight is 348 g/mol. The van der Waals surface area contributed by atoms with Crippen LogP contribution in [0.25, 0.3) is 11.3 Å². The van der Waals surface area contributed by atoms with Crippen LogP contribution in [0.15, 0.2) is 29.6 Å². The van der Waals surface area contributed by atoms with Crippen molar-refractivity contribution >= 4 is 28.4 Å². The molecule has 24 heavy (non-hydrogen) atoms. The number of anilines is 1. The topological polar surface area (TPSA) is 106 Å². The second kappa shape index (κ2) is 8.88. The minimum absolute atomic E-state index is 0.0929. The van der Waals surface area contributed by atoms with Gasteiger partial charge in [-0.15, -0.1) is 11.3 Å². The standard InChI is InChI=1S/C16H20N4O3S/c1-23-12-7-5-11(6-8-12)13-10-24-16(19-13)20-14(21)4-2-3-9-18-15(17)22/h5-8,10H,2-4,9H2,1H3,(H3,17,18,22)(H,19,20,21). The molecule has 1 aromatic heterocycles. The molecule has 8 heteroatoms. The van der Waals surface area contributed by atoms with Crippen molar-refractivity contribution in [1.82, 2.24) is 10.3 Å². The van der Waals surface area contributed by atoms with Crippen molar-refractivity contribution < 1.29 is 14.3 Å². The summed E-state index contributed by atoms with van der Waals surface area (Å²) in [6.45, 7) is 0.474. The zero-order chi connectivity index (χ0) is 17.4. The van der Waals surface area contributed by atoms with Crippen LogP contribution in [0.5, 0.6) is 5.75 Å². The van der Waals surface area contributed by atoms with Gasteiger partial charge in [0.1, 0.15) is 5.75 Å². The Hall–Kier alpha value is -2.61. The molecule has 128 valence electrons. The zero-order valence-corrected chi connectivity index (χ0v) is 14.2. The fourth-order valence-corrected chi connectivity index (χ4v) is 2.77. The highest BCUT2D eigenvalue weighted by Crippen LogP contribution is 2.26. The number of amides is 3. The second-order valence-electron chi connectivity index (χ2n) is 5.06. The van der Waals surface area contributed by atoms with Crippen molar-refractivity contribution in [3.8, 4) is 17.0 Å². The van der Waals surface area contributed by atoms with Crippen LogP contribution in [0, 0.1) is 0 Å². The maximum Gasteiger partial charge on any atom is 0.312 e. The fraction of sp³-hybridized carbons (Fsp3) is 0.312. The van der Waals surface area contributed by atoms with Gasteiger partial charge >= 0.3 is 6.03 Å². The Morgan fingerprint density at radius 3 is 2.67 bits per heavy atom. The number of methoxy groups -OCH3 is 1. The number of nitrogens with zero attached hydrogens (tertiary/aromatic N) is 1. The summed E-state index contributed by atoms with van der Waals surface area (Å²) in [6.07, 6.45) is 1.74. The molecule has 0 aliphatic heterocycles. The summed E-state index contributed by atoms with van der Waals surface area (Å²) in [4.78, 5) is 26.8. The summed E-state index contributed by atoms with van der Waals surface area (Å²) < 4.78 is 5.13. The highest BCUT2D eigenvalue weighted by atomic mass is 32.1. The monoisotopic (exact) mass is 348 g/mol. The molecular formula is C16H20N4O3S. The van der Waals surface area contributed by atoms with E-state index in [2.05, 4.69) is 15.6 Å². The van der Waals surface area contributed by atoms with Gasteiger partial charge < -0.3 is 21.1 Å². The normalized spacial score (nSPS) is 10.2. The van der Waals surface area contributed by atoms with E-state index in [4.69, 9.17) is 10.5 Å². The summed E-state index contributed by atoms with van der Waals surface area (Å²) in [6, 6.07) is 7.03. The Kier molecular flexibility index (Phi) is 6.56. The number of urea groups is 1. The first-order chi connectivity index (χ1) is 11.6. The van der Waals surface area contributed by atoms with Crippen molar-refractivity contribution in [3.05, 3.63) is 29.6 Å². The lowest BCUT2D eigenvalue weighted by molar-refractivity contribution is -0.116. The molecular weight excluding hydrogens is 328 g/mol. The van der Waals surface area contributed by atoms with Gasteiger partial charge in [0, 0.05) is 23.9 Å². The van der Waals surface area contributed by atoms with Gasteiger partial charge in [-0.1, -0.05) is 0 Å². The lowest BCUT2D eigenvalue weighted by Crippen LogP contribution is -2.30. The Balaban J connectivity index is 1.80. The number of benzene rings is 1. The van der Waals surface area contributed by atoms with Crippen molar-refractivity contribution in [3.63, 3.8) is 0 Å². The molecule has 3 amide bonds. The molecule has 0 unspecified atom stereocenters. The number of nitrogens with two attached hydrogens (primary N) is 1. The first-order valence-corrected chi connectivity index (χ1v) is 8.39. The van der Waals surface area contributed by atoms with Gasteiger partial charge in [-0.05, 0) is 37.1 Å². The number of hydrogen-bond donors (Lipinski definition) is 3. The molecule has 7 nitrogen and oxygen atoms in total. The van der Waals surface area contributed by atoms with E-state index in [1.165, 1.54) is 11.3 Å². The molecule has 0 aliphatic carbocycles. The van der Waals surface area contributed by atoms with E-state index in [0.29, 0.717) is 30.9 Å². The maximum absolute atomic E-state index is 11.9. The number of thiazole rings is 1. The van der Waals surface area contributed by atoms with E-state index in [1.807, 2.05) is 29.6 Å². The molecule has 0 saturated carbocycles. The summed E-state index contributed by atoms with van der Waals surface area (Å²) in [5.74, 6) is 0.693. The van der Waals surface area contributed by atoms with Gasteiger partial charge in [-0.3, -0.25) is 4.79 Å². The molecule has 0 aliphatic rings. The number of unbranched alkanes of at least 4 members (excludes halogenated alkanes) is 1. The van der Waals surface area contributed by atoms with Crippen molar-refractivity contribution in [2.75, 3.05) is 19.0 Å². The number of carbonyl (C=O) groups is 2. The fourth-order valence-electron chi connectivity index (χ4n) is 2.03. The van der Waals surface area contributed by atoms with E-state index in [-0.39, 0.29) is 5.91 Å². The predicted octanol–water partition coefficient (Wildman–Crippen LogP) is 2.60. The van der Waals surface area contributed by atoms with Crippen molar-refractivity contribution in [1.29, 1.82) is 0 Å². The Labute approximate surface area is 144 Å². The van der Waals surface area contributed by atoms with E-state index in [1.54, 1.807) is 7.11 Å². The largest absolute Gasteiger partial charge is 0.497 e. The lowest BCUT2D eigenvalue weighted by atomic mass is 10.2. The van der Waals surface area contributed by atoms with Crippen LogP contribution in [-0.2, 0) is 4.79 Å². The smallest absolute Gasteiger partial charge is 0.312 e. The SMILES string of the molecule is COc1ccc(-c2csc(NC(=O)CCCCNC(N)=O)n2)cc1. The van der Waals surface area contributed by atoms with E-state index >= 15 is 0 Å². The van der Waals surface area contributed by atoms with E-state index < -0.39 is 6.03 Å². The number of carbonyl (C=O) groups excluding carboxylic acids is 2. The van der Waals surface area contributed by atoms with Crippen molar-refractivity contribution in [2.45, 2.75) is 19.3 Å². The van der Waals surface area contributed by atoms with Gasteiger partial charge in [0.25, 0.3) is 0 Å². The lowest BCUT2D eigenvalue weighted by Gasteiger charge is -2.03. The maximum atomic E-state index is 11.9. The summed E-state index contributed by atoms with van der Waals surface area (Å²) in [5.41, 5.74) is 6.73. The summed E-state index contributed by atoms with van der Waals surface area (Å²) >= 11 is 1.38. The molecule has 0 radical (unpaired) electrons. The highest BCUT2D eigenvalue weighted by molar-refractivity contribution is 7.14. The van der Waals surface area contributed by atoms with Crippen molar-refractivity contribution in [2.24, 2.45) is 5.73 Å². The number of rotatable bonds is 8. The Bertz CT molecular complexity index is 685. The van der Waals surface area contributed by atoms with Crippen LogP contribution in [-0.4, -0.2) is 30.6 Å². The first kappa shape index (κ1) is 17.7. The third-order valence-corrected chi connectivity index (χ3v) is 4.02. The third kappa shape index (κ3) is 5.54. The van der Waals surface area contributed by atoms with Gasteiger partial charge in [-0.2, -0.15) is 0 Å². The van der Waals surface area contributed by atoms with Crippen LogP contribution >= 0.6 is 11.3 Å². The molecule has 0 saturated heterocycles. The minimum Gasteiger partial charge on any atom is -0.497 e. The molecule has 2 aromatic rings. The molecule has 1 heterocycles. The Morgan fingerprint density at radius 1 is 1.25 bits per heavy atom. The molecule has 4 N–H and O–H groups in total. The molecule has 0 spiro atoms. The van der Waals surface area contributed by atoms with Gasteiger partial charge in [0.15, 0.2) is 5.13 Å². The van der Waals surface area contributed by atoms with E-state index in [9.17, 15) is 9.59 Å². The third-order valence-electron chi connectivity index (χ3n) is 3.27. The van der Waals surface area contributed by atoms with Gasteiger partial charge in [-0.25, -0.2) is 9.78 Å². The minimum atomic E-state index is -0.548. The van der Waals surface area contributed by atoms with Gasteiger partial charge in [0.2, 0.25) is 5.91 Å². The number of aromatic nitrogens is 1. The molecule has 0 fully saturated rings. The number of hydrogen-bond acceptors (Lipinski definition) is 5. The van der Waals surface area contributed by atoms with Crippen LogP contribution in [0.1, 0.15) is 19.3 Å². The number of primary amides is 1. The van der Waals surface area contributed by atoms with Crippen LogP contribution < -0.4 is 21.1 Å². The Morgan fingerprint density at radius 2 is 2.00 bits per heavy atom. The van der Waals surface area contributed by atoms with Crippen LogP contribution in [0.2, 0.25) is 0 Å². The number of nitrogens with one attached hydrogen (secondary N) is 2. The van der Waals surface area contributed by atoms with Gasteiger partial charge in [0.05, 0.1) is 12.8 Å². The van der Waals surface area contributed by atoms with Crippen LogP contribution in [0.3, 0.4) is 0 Å². The quantitative estimate of drug-likeness (QED) is 0.637. The molecule has 1 aromatic carbocycles.